The third-order valence-electron chi connectivity index (χ3n) is 2.74. The van der Waals surface area contributed by atoms with Crippen LogP contribution in [0.4, 0.5) is 0 Å². The number of rotatable bonds is 2. The summed E-state index contributed by atoms with van der Waals surface area (Å²) in [5.74, 6) is -0.674. The Kier molecular flexibility index (Phi) is 2.64. The Morgan fingerprint density at radius 2 is 1.74 bits per heavy atom. The van der Waals surface area contributed by atoms with Crippen molar-refractivity contribution in [2.24, 2.45) is 0 Å². The molecule has 0 aliphatic heterocycles. The molecule has 5 nitrogen and oxygen atoms in total. The minimum Gasteiger partial charge on any atom is -0.476 e. The maximum Gasteiger partial charge on any atom is 0.355 e. The number of carboxylic acid groups (broad SMARTS) is 1. The van der Waals surface area contributed by atoms with E-state index in [2.05, 4.69) is 15.0 Å². The molecule has 0 bridgehead atoms. The quantitative estimate of drug-likeness (QED) is 0.756. The predicted molar refractivity (Wildman–Crippen MR) is 69.7 cm³/mol. The van der Waals surface area contributed by atoms with Gasteiger partial charge in [-0.1, -0.05) is 18.2 Å². The van der Waals surface area contributed by atoms with Crippen LogP contribution in [-0.4, -0.2) is 26.0 Å². The monoisotopic (exact) mass is 251 g/mol. The topological polar surface area (TPSA) is 76.0 Å². The van der Waals surface area contributed by atoms with Crippen LogP contribution in [0.3, 0.4) is 0 Å². The number of carbonyl (C=O) groups is 1. The summed E-state index contributed by atoms with van der Waals surface area (Å²) in [6, 6.07) is 10.6. The van der Waals surface area contributed by atoms with Crippen LogP contribution in [0.25, 0.3) is 22.3 Å². The number of pyridine rings is 1. The van der Waals surface area contributed by atoms with Gasteiger partial charge in [0.1, 0.15) is 0 Å². The third kappa shape index (κ3) is 2.01. The zero-order valence-corrected chi connectivity index (χ0v) is 9.82. The highest BCUT2D eigenvalue weighted by Gasteiger charge is 2.14. The second-order valence-corrected chi connectivity index (χ2v) is 3.95. The van der Waals surface area contributed by atoms with Gasteiger partial charge >= 0.3 is 5.97 Å². The molecule has 92 valence electrons. The Labute approximate surface area is 108 Å². The summed E-state index contributed by atoms with van der Waals surface area (Å²) in [7, 11) is 0. The number of hydrogen-bond acceptors (Lipinski definition) is 4. The first-order valence-corrected chi connectivity index (χ1v) is 5.66. The molecule has 2 aromatic heterocycles. The molecule has 0 aliphatic rings. The lowest BCUT2D eigenvalue weighted by Crippen LogP contribution is -2.04. The number of benzene rings is 1. The van der Waals surface area contributed by atoms with Crippen molar-refractivity contribution in [2.75, 3.05) is 0 Å². The average Bonchev–Trinajstić information content (AvgIpc) is 2.47. The van der Waals surface area contributed by atoms with E-state index in [-0.39, 0.29) is 5.69 Å². The van der Waals surface area contributed by atoms with Crippen molar-refractivity contribution in [3.05, 3.63) is 54.5 Å². The van der Waals surface area contributed by atoms with Crippen LogP contribution in [0.1, 0.15) is 10.5 Å². The van der Waals surface area contributed by atoms with E-state index in [1.807, 2.05) is 6.07 Å². The highest BCUT2D eigenvalue weighted by molar-refractivity contribution is 6.01. The normalized spacial score (nSPS) is 10.5. The van der Waals surface area contributed by atoms with Crippen molar-refractivity contribution in [2.45, 2.75) is 0 Å². The van der Waals surface area contributed by atoms with Gasteiger partial charge in [0.2, 0.25) is 0 Å². The van der Waals surface area contributed by atoms with Gasteiger partial charge in [-0.15, -0.1) is 0 Å². The molecule has 0 saturated carbocycles. The number of carboxylic acids is 1. The number of para-hydroxylation sites is 1. The van der Waals surface area contributed by atoms with Crippen LogP contribution in [0.2, 0.25) is 0 Å². The second-order valence-electron chi connectivity index (χ2n) is 3.95. The van der Waals surface area contributed by atoms with Gasteiger partial charge in [0.05, 0.1) is 5.52 Å². The number of aromatic nitrogens is 3. The lowest BCUT2D eigenvalue weighted by Gasteiger charge is -2.05. The van der Waals surface area contributed by atoms with Gasteiger partial charge in [-0.3, -0.25) is 4.98 Å². The fourth-order valence-corrected chi connectivity index (χ4v) is 1.87. The number of nitrogens with zero attached hydrogens (tertiary/aromatic N) is 3. The van der Waals surface area contributed by atoms with Crippen LogP contribution in [0.5, 0.6) is 0 Å². The molecule has 0 spiro atoms. The van der Waals surface area contributed by atoms with Gasteiger partial charge < -0.3 is 5.11 Å². The minimum atomic E-state index is -1.06. The zero-order valence-electron chi connectivity index (χ0n) is 9.82. The highest BCUT2D eigenvalue weighted by Crippen LogP contribution is 2.21. The summed E-state index contributed by atoms with van der Waals surface area (Å²) in [4.78, 5) is 23.7. The molecule has 0 fully saturated rings. The molecule has 1 N–H and O–H groups in total. The first kappa shape index (κ1) is 11.3. The van der Waals surface area contributed by atoms with Gasteiger partial charge in [0, 0.05) is 23.3 Å². The molecule has 5 heteroatoms. The lowest BCUT2D eigenvalue weighted by atomic mass is 10.1. The molecular formula is C14H9N3O2. The van der Waals surface area contributed by atoms with Crippen LogP contribution >= 0.6 is 0 Å². The molecule has 3 aromatic rings. The Morgan fingerprint density at radius 3 is 2.47 bits per heavy atom. The molecule has 0 saturated heterocycles. The summed E-state index contributed by atoms with van der Waals surface area (Å²) < 4.78 is 0. The van der Waals surface area contributed by atoms with E-state index in [9.17, 15) is 9.90 Å². The minimum absolute atomic E-state index is 0.0115. The van der Waals surface area contributed by atoms with Crippen LogP contribution in [0.15, 0.2) is 48.8 Å². The predicted octanol–water partition coefficient (Wildman–Crippen LogP) is 2.39. The van der Waals surface area contributed by atoms with E-state index in [1.54, 1.807) is 42.7 Å². The summed E-state index contributed by atoms with van der Waals surface area (Å²) >= 11 is 0. The van der Waals surface area contributed by atoms with Crippen LogP contribution in [-0.2, 0) is 0 Å². The first-order chi connectivity index (χ1) is 9.25. The zero-order chi connectivity index (χ0) is 13.2. The van der Waals surface area contributed by atoms with Crippen molar-refractivity contribution < 1.29 is 9.90 Å². The molecule has 0 amide bonds. The SMILES string of the molecule is O=C(O)c1nc(-c2ccncc2)nc2ccccc12. The molecule has 0 atom stereocenters. The average molecular weight is 251 g/mol. The summed E-state index contributed by atoms with van der Waals surface area (Å²) in [6.07, 6.45) is 3.24. The molecule has 0 unspecified atom stereocenters. The third-order valence-corrected chi connectivity index (χ3v) is 2.74. The summed E-state index contributed by atoms with van der Waals surface area (Å²) in [5.41, 5.74) is 1.36. The van der Waals surface area contributed by atoms with Crippen molar-refractivity contribution in [1.82, 2.24) is 15.0 Å². The number of hydrogen-bond donors (Lipinski definition) is 1. The van der Waals surface area contributed by atoms with Gasteiger partial charge in [-0.25, -0.2) is 14.8 Å². The maximum absolute atomic E-state index is 11.3. The van der Waals surface area contributed by atoms with Crippen molar-refractivity contribution in [1.29, 1.82) is 0 Å². The van der Waals surface area contributed by atoms with Gasteiger partial charge in [0.25, 0.3) is 0 Å². The Bertz CT molecular complexity index is 757. The van der Waals surface area contributed by atoms with Crippen LogP contribution in [0, 0.1) is 0 Å². The largest absolute Gasteiger partial charge is 0.476 e. The van der Waals surface area contributed by atoms with Crippen LogP contribution < -0.4 is 0 Å². The van der Waals surface area contributed by atoms with E-state index >= 15 is 0 Å². The maximum atomic E-state index is 11.3. The fraction of sp³-hybridized carbons (Fsp3) is 0. The van der Waals surface area contributed by atoms with Gasteiger partial charge in [0.15, 0.2) is 11.5 Å². The number of fused-ring (bicyclic) bond motifs is 1. The van der Waals surface area contributed by atoms with Gasteiger partial charge in [-0.2, -0.15) is 0 Å². The number of aromatic carboxylic acids is 1. The Balaban J connectivity index is 2.31. The van der Waals surface area contributed by atoms with E-state index < -0.39 is 5.97 Å². The molecule has 2 heterocycles. The molecular weight excluding hydrogens is 242 g/mol. The Morgan fingerprint density at radius 1 is 1.00 bits per heavy atom. The molecule has 1 aromatic carbocycles. The lowest BCUT2D eigenvalue weighted by molar-refractivity contribution is 0.0693. The molecule has 19 heavy (non-hydrogen) atoms. The van der Waals surface area contributed by atoms with Crippen molar-refractivity contribution in [3.8, 4) is 11.4 Å². The van der Waals surface area contributed by atoms with E-state index in [0.29, 0.717) is 16.7 Å². The van der Waals surface area contributed by atoms with E-state index in [1.165, 1.54) is 0 Å². The standard InChI is InChI=1S/C14H9N3O2/c18-14(19)12-10-3-1-2-4-11(10)16-13(17-12)9-5-7-15-8-6-9/h1-8H,(H,18,19). The molecule has 0 aliphatic carbocycles. The van der Waals surface area contributed by atoms with Gasteiger partial charge in [-0.05, 0) is 18.2 Å². The summed E-state index contributed by atoms with van der Waals surface area (Å²) in [5, 5.41) is 9.79. The van der Waals surface area contributed by atoms with Crippen molar-refractivity contribution in [3.63, 3.8) is 0 Å². The van der Waals surface area contributed by atoms with E-state index in [4.69, 9.17) is 0 Å². The molecule has 0 radical (unpaired) electrons. The second kappa shape index (κ2) is 4.45. The smallest absolute Gasteiger partial charge is 0.355 e. The Hall–Kier alpha value is -2.82. The molecule has 3 rings (SSSR count). The first-order valence-electron chi connectivity index (χ1n) is 5.66. The fourth-order valence-electron chi connectivity index (χ4n) is 1.87. The van der Waals surface area contributed by atoms with Crippen molar-refractivity contribution >= 4 is 16.9 Å². The summed E-state index contributed by atoms with van der Waals surface area (Å²) in [6.45, 7) is 0. The highest BCUT2D eigenvalue weighted by atomic mass is 16.4. The van der Waals surface area contributed by atoms with E-state index in [0.717, 1.165) is 5.56 Å².